The number of nitrogens with two attached hydrogens (primary N) is 1. The van der Waals surface area contributed by atoms with Gasteiger partial charge in [-0.3, -0.25) is 4.79 Å². The van der Waals surface area contributed by atoms with Crippen LogP contribution in [0.15, 0.2) is 12.1 Å². The maximum Gasteiger partial charge on any atom is 0.234 e. The average molecular weight is 296 g/mol. The second-order valence-corrected chi connectivity index (χ2v) is 5.02. The van der Waals surface area contributed by atoms with Gasteiger partial charge in [-0.15, -0.1) is 0 Å². The van der Waals surface area contributed by atoms with Gasteiger partial charge in [-0.1, -0.05) is 13.8 Å². The van der Waals surface area contributed by atoms with Crippen LogP contribution in [0.4, 0.5) is 0 Å². The van der Waals surface area contributed by atoms with E-state index >= 15 is 0 Å². The van der Waals surface area contributed by atoms with E-state index in [1.165, 1.54) is 0 Å². The van der Waals surface area contributed by atoms with E-state index in [9.17, 15) is 4.79 Å². The number of rotatable bonds is 8. The lowest BCUT2D eigenvalue weighted by molar-refractivity contribution is -0.121. The van der Waals surface area contributed by atoms with Gasteiger partial charge in [0.1, 0.15) is 17.2 Å². The van der Waals surface area contributed by atoms with Gasteiger partial charge in [0.2, 0.25) is 5.91 Å². The zero-order valence-corrected chi connectivity index (χ0v) is 13.2. The molecule has 0 aliphatic heterocycles. The van der Waals surface area contributed by atoms with Crippen molar-refractivity contribution >= 4 is 5.91 Å². The van der Waals surface area contributed by atoms with E-state index in [1.807, 2.05) is 13.8 Å². The van der Waals surface area contributed by atoms with Gasteiger partial charge < -0.3 is 25.3 Å². The Balaban J connectivity index is 3.03. The molecule has 0 spiro atoms. The first-order valence-electron chi connectivity index (χ1n) is 6.76. The van der Waals surface area contributed by atoms with Crippen LogP contribution in [0.5, 0.6) is 17.2 Å². The number of amides is 1. The number of methoxy groups -OCH3 is 3. The molecule has 0 aliphatic carbocycles. The summed E-state index contributed by atoms with van der Waals surface area (Å²) in [4.78, 5) is 11.4. The summed E-state index contributed by atoms with van der Waals surface area (Å²) in [6.45, 7) is 4.28. The minimum Gasteiger partial charge on any atom is -0.496 e. The summed E-state index contributed by atoms with van der Waals surface area (Å²) < 4.78 is 15.9. The molecule has 6 heteroatoms. The molecule has 0 fully saturated rings. The SMILES string of the molecule is COc1cc(OC)c(CNC(C(N)=O)C(C)C)c(OC)c1. The highest BCUT2D eigenvalue weighted by atomic mass is 16.5. The lowest BCUT2D eigenvalue weighted by atomic mass is 10.0. The number of benzene rings is 1. The summed E-state index contributed by atoms with van der Waals surface area (Å²) in [6.07, 6.45) is 0. The van der Waals surface area contributed by atoms with Crippen LogP contribution in [0.2, 0.25) is 0 Å². The first kappa shape index (κ1) is 17.1. The maximum absolute atomic E-state index is 11.4. The average Bonchev–Trinajstić information content (AvgIpc) is 2.46. The molecule has 0 aromatic heterocycles. The fourth-order valence-corrected chi connectivity index (χ4v) is 2.13. The van der Waals surface area contributed by atoms with Crippen LogP contribution >= 0.6 is 0 Å². The van der Waals surface area contributed by atoms with Crippen molar-refractivity contribution in [2.75, 3.05) is 21.3 Å². The lowest BCUT2D eigenvalue weighted by Gasteiger charge is -2.21. The van der Waals surface area contributed by atoms with Crippen molar-refractivity contribution in [1.82, 2.24) is 5.32 Å². The molecule has 0 heterocycles. The van der Waals surface area contributed by atoms with Crippen LogP contribution in [0, 0.1) is 5.92 Å². The first-order chi connectivity index (χ1) is 9.94. The van der Waals surface area contributed by atoms with Gasteiger partial charge in [0.05, 0.1) is 32.9 Å². The maximum atomic E-state index is 11.4. The molecule has 1 amide bonds. The van der Waals surface area contributed by atoms with Crippen LogP contribution < -0.4 is 25.3 Å². The summed E-state index contributed by atoms with van der Waals surface area (Å²) in [5.74, 6) is 1.62. The van der Waals surface area contributed by atoms with Crippen molar-refractivity contribution in [2.24, 2.45) is 11.7 Å². The van der Waals surface area contributed by atoms with E-state index in [-0.39, 0.29) is 11.8 Å². The second kappa shape index (κ2) is 7.73. The number of nitrogens with one attached hydrogen (secondary N) is 1. The van der Waals surface area contributed by atoms with Crippen molar-refractivity contribution in [2.45, 2.75) is 26.4 Å². The number of hydrogen-bond donors (Lipinski definition) is 2. The molecule has 0 saturated carbocycles. The molecule has 1 aromatic carbocycles. The van der Waals surface area contributed by atoms with Gasteiger partial charge in [0.15, 0.2) is 0 Å². The van der Waals surface area contributed by atoms with E-state index in [2.05, 4.69) is 5.32 Å². The van der Waals surface area contributed by atoms with Gasteiger partial charge in [-0.25, -0.2) is 0 Å². The molecule has 1 atom stereocenters. The Morgan fingerprint density at radius 2 is 1.67 bits per heavy atom. The number of carbonyl (C=O) groups excluding carboxylic acids is 1. The highest BCUT2D eigenvalue weighted by molar-refractivity contribution is 5.80. The molecule has 3 N–H and O–H groups in total. The van der Waals surface area contributed by atoms with Crippen molar-refractivity contribution < 1.29 is 19.0 Å². The summed E-state index contributed by atoms with van der Waals surface area (Å²) >= 11 is 0. The first-order valence-corrected chi connectivity index (χ1v) is 6.76. The van der Waals surface area contributed by atoms with Crippen LogP contribution in [0.25, 0.3) is 0 Å². The molecular formula is C15H24N2O4. The molecule has 118 valence electrons. The zero-order valence-electron chi connectivity index (χ0n) is 13.2. The molecule has 1 aromatic rings. The van der Waals surface area contributed by atoms with E-state index in [0.29, 0.717) is 23.8 Å². The van der Waals surface area contributed by atoms with E-state index < -0.39 is 6.04 Å². The Morgan fingerprint density at radius 1 is 1.14 bits per heavy atom. The van der Waals surface area contributed by atoms with Crippen LogP contribution in [-0.2, 0) is 11.3 Å². The Kier molecular flexibility index (Phi) is 6.30. The van der Waals surface area contributed by atoms with Crippen molar-refractivity contribution in [3.05, 3.63) is 17.7 Å². The van der Waals surface area contributed by atoms with E-state index in [4.69, 9.17) is 19.9 Å². The molecule has 0 bridgehead atoms. The van der Waals surface area contributed by atoms with Crippen molar-refractivity contribution in [3.8, 4) is 17.2 Å². The molecule has 6 nitrogen and oxygen atoms in total. The standard InChI is InChI=1S/C15H24N2O4/c1-9(2)14(15(16)18)17-8-11-12(20-4)6-10(19-3)7-13(11)21-5/h6-7,9,14,17H,8H2,1-5H3,(H2,16,18). The summed E-state index contributed by atoms with van der Waals surface area (Å²) in [6, 6.07) is 3.13. The van der Waals surface area contributed by atoms with Crippen LogP contribution in [0.3, 0.4) is 0 Å². The minimum atomic E-state index is -0.415. The number of hydrogen-bond acceptors (Lipinski definition) is 5. The van der Waals surface area contributed by atoms with Crippen molar-refractivity contribution in [1.29, 1.82) is 0 Å². The fraction of sp³-hybridized carbons (Fsp3) is 0.533. The topological polar surface area (TPSA) is 82.8 Å². The van der Waals surface area contributed by atoms with Crippen LogP contribution in [0.1, 0.15) is 19.4 Å². The predicted molar refractivity (Wildman–Crippen MR) is 80.8 cm³/mol. The number of carbonyl (C=O) groups is 1. The Bertz CT molecular complexity index is 464. The number of ether oxygens (including phenoxy) is 3. The normalized spacial score (nSPS) is 12.1. The van der Waals surface area contributed by atoms with Gasteiger partial charge in [-0.05, 0) is 5.92 Å². The van der Waals surface area contributed by atoms with Crippen molar-refractivity contribution in [3.63, 3.8) is 0 Å². The van der Waals surface area contributed by atoms with E-state index in [1.54, 1.807) is 33.5 Å². The van der Waals surface area contributed by atoms with Gasteiger partial charge in [0.25, 0.3) is 0 Å². The minimum absolute atomic E-state index is 0.0951. The Labute approximate surface area is 125 Å². The number of primary amides is 1. The largest absolute Gasteiger partial charge is 0.496 e. The Hall–Kier alpha value is -1.95. The van der Waals surface area contributed by atoms with E-state index in [0.717, 1.165) is 5.56 Å². The second-order valence-electron chi connectivity index (χ2n) is 5.02. The third-order valence-electron chi connectivity index (χ3n) is 3.29. The third kappa shape index (κ3) is 4.26. The fourth-order valence-electron chi connectivity index (χ4n) is 2.13. The molecule has 1 rings (SSSR count). The predicted octanol–water partition coefficient (Wildman–Crippen LogP) is 1.31. The molecule has 0 saturated heterocycles. The Morgan fingerprint density at radius 3 is 2.00 bits per heavy atom. The highest BCUT2D eigenvalue weighted by Crippen LogP contribution is 2.34. The summed E-state index contributed by atoms with van der Waals surface area (Å²) in [5.41, 5.74) is 6.22. The summed E-state index contributed by atoms with van der Waals surface area (Å²) in [5, 5.41) is 3.15. The highest BCUT2D eigenvalue weighted by Gasteiger charge is 2.21. The zero-order chi connectivity index (χ0) is 16.0. The molecule has 0 aliphatic rings. The molecule has 21 heavy (non-hydrogen) atoms. The smallest absolute Gasteiger partial charge is 0.234 e. The lowest BCUT2D eigenvalue weighted by Crippen LogP contribution is -2.44. The third-order valence-corrected chi connectivity index (χ3v) is 3.29. The van der Waals surface area contributed by atoms with Gasteiger partial charge in [-0.2, -0.15) is 0 Å². The molecule has 1 unspecified atom stereocenters. The molecular weight excluding hydrogens is 272 g/mol. The monoisotopic (exact) mass is 296 g/mol. The van der Waals surface area contributed by atoms with Crippen LogP contribution in [-0.4, -0.2) is 33.3 Å². The summed E-state index contributed by atoms with van der Waals surface area (Å²) in [7, 11) is 4.73. The van der Waals surface area contributed by atoms with Gasteiger partial charge >= 0.3 is 0 Å². The quantitative estimate of drug-likeness (QED) is 0.756. The molecule has 0 radical (unpaired) electrons. The van der Waals surface area contributed by atoms with Gasteiger partial charge in [0, 0.05) is 18.7 Å².